The molecule has 0 aromatic heterocycles. The van der Waals surface area contributed by atoms with E-state index in [1.165, 1.54) is 27.8 Å². The van der Waals surface area contributed by atoms with E-state index in [9.17, 15) is 0 Å². The van der Waals surface area contributed by atoms with E-state index in [1.54, 1.807) is 0 Å². The third-order valence-corrected chi connectivity index (χ3v) is 4.47. The highest BCUT2D eigenvalue weighted by molar-refractivity contribution is 5.83. The summed E-state index contributed by atoms with van der Waals surface area (Å²) in [5.41, 5.74) is 7.10. The van der Waals surface area contributed by atoms with Crippen LogP contribution in [0.3, 0.4) is 0 Å². The molecule has 0 saturated heterocycles. The lowest BCUT2D eigenvalue weighted by atomic mass is 9.90. The topological polar surface area (TPSA) is 12.4 Å². The van der Waals surface area contributed by atoms with Gasteiger partial charge in [0, 0.05) is 6.21 Å². The standard InChI is InChI=1S/C20H23N/c1-3-20-13-18-12-17(15(2)11-19(18)14-21-20)10-9-16-7-5-4-6-8-16/h4-8,11-12,14,20H,3,9-10,13H2,1-2H3. The maximum atomic E-state index is 4.63. The van der Waals surface area contributed by atoms with Crippen LogP contribution in [0.4, 0.5) is 0 Å². The minimum absolute atomic E-state index is 0.474. The Bertz CT molecular complexity index is 640. The lowest BCUT2D eigenvalue weighted by Crippen LogP contribution is -2.15. The third-order valence-electron chi connectivity index (χ3n) is 4.47. The molecule has 21 heavy (non-hydrogen) atoms. The molecule has 0 amide bonds. The summed E-state index contributed by atoms with van der Waals surface area (Å²) < 4.78 is 0. The van der Waals surface area contributed by atoms with Crippen LogP contribution in [0, 0.1) is 6.92 Å². The highest BCUT2D eigenvalue weighted by Gasteiger charge is 2.15. The largest absolute Gasteiger partial charge is 0.289 e. The number of hydrogen-bond acceptors (Lipinski definition) is 1. The van der Waals surface area contributed by atoms with Crippen molar-refractivity contribution in [2.24, 2.45) is 4.99 Å². The monoisotopic (exact) mass is 277 g/mol. The molecule has 1 heteroatoms. The van der Waals surface area contributed by atoms with Gasteiger partial charge < -0.3 is 0 Å². The van der Waals surface area contributed by atoms with Crippen LogP contribution in [0.2, 0.25) is 0 Å². The molecule has 1 atom stereocenters. The molecule has 1 aliphatic heterocycles. The van der Waals surface area contributed by atoms with Gasteiger partial charge in [0.1, 0.15) is 0 Å². The molecular weight excluding hydrogens is 254 g/mol. The molecule has 0 radical (unpaired) electrons. The molecule has 0 saturated carbocycles. The normalized spacial score (nSPS) is 16.8. The smallest absolute Gasteiger partial charge is 0.0537 e. The Labute approximate surface area is 127 Å². The molecule has 0 N–H and O–H groups in total. The van der Waals surface area contributed by atoms with E-state index in [2.05, 4.69) is 67.5 Å². The molecular formula is C20H23N. The summed E-state index contributed by atoms with van der Waals surface area (Å²) in [6.07, 6.45) is 6.54. The number of hydrogen-bond donors (Lipinski definition) is 0. The van der Waals surface area contributed by atoms with Crippen LogP contribution in [0.5, 0.6) is 0 Å². The van der Waals surface area contributed by atoms with Gasteiger partial charge in [-0.2, -0.15) is 0 Å². The Morgan fingerprint density at radius 1 is 1.10 bits per heavy atom. The van der Waals surface area contributed by atoms with Gasteiger partial charge >= 0.3 is 0 Å². The summed E-state index contributed by atoms with van der Waals surface area (Å²) in [4.78, 5) is 4.63. The molecule has 1 heterocycles. The molecule has 2 aromatic carbocycles. The maximum Gasteiger partial charge on any atom is 0.0537 e. The Hall–Kier alpha value is -1.89. The second-order valence-electron chi connectivity index (χ2n) is 6.01. The molecule has 0 fully saturated rings. The number of aryl methyl sites for hydroxylation is 3. The van der Waals surface area contributed by atoms with Crippen molar-refractivity contribution in [3.05, 3.63) is 70.3 Å². The van der Waals surface area contributed by atoms with Crippen LogP contribution in [-0.2, 0) is 19.3 Å². The lowest BCUT2D eigenvalue weighted by Gasteiger charge is -2.20. The Morgan fingerprint density at radius 3 is 2.67 bits per heavy atom. The van der Waals surface area contributed by atoms with Gasteiger partial charge in [-0.3, -0.25) is 4.99 Å². The summed E-state index contributed by atoms with van der Waals surface area (Å²) in [7, 11) is 0. The number of rotatable bonds is 4. The Balaban J connectivity index is 1.79. The van der Waals surface area contributed by atoms with Gasteiger partial charge in [-0.05, 0) is 66.5 Å². The SMILES string of the molecule is CCC1Cc2cc(CCc3ccccc3)c(C)cc2C=N1. The van der Waals surface area contributed by atoms with Crippen molar-refractivity contribution >= 4 is 6.21 Å². The first-order valence-corrected chi connectivity index (χ1v) is 7.95. The molecule has 3 rings (SSSR count). The van der Waals surface area contributed by atoms with Gasteiger partial charge in [0.25, 0.3) is 0 Å². The van der Waals surface area contributed by atoms with E-state index >= 15 is 0 Å². The molecule has 108 valence electrons. The molecule has 1 unspecified atom stereocenters. The summed E-state index contributed by atoms with van der Waals surface area (Å²) in [5.74, 6) is 0. The number of aliphatic imine (C=N–C) groups is 1. The van der Waals surface area contributed by atoms with Crippen LogP contribution in [-0.4, -0.2) is 12.3 Å². The van der Waals surface area contributed by atoms with Crippen molar-refractivity contribution in [2.75, 3.05) is 0 Å². The van der Waals surface area contributed by atoms with Gasteiger partial charge in [-0.1, -0.05) is 43.3 Å². The Morgan fingerprint density at radius 2 is 1.90 bits per heavy atom. The quantitative estimate of drug-likeness (QED) is 0.778. The first-order valence-electron chi connectivity index (χ1n) is 7.95. The number of nitrogens with zero attached hydrogens (tertiary/aromatic N) is 1. The van der Waals surface area contributed by atoms with Gasteiger partial charge in [-0.15, -0.1) is 0 Å². The van der Waals surface area contributed by atoms with E-state index in [4.69, 9.17) is 0 Å². The second-order valence-corrected chi connectivity index (χ2v) is 6.01. The second kappa shape index (κ2) is 6.26. The summed E-state index contributed by atoms with van der Waals surface area (Å²) in [6, 6.07) is 16.0. The van der Waals surface area contributed by atoms with Crippen LogP contribution in [0.1, 0.15) is 41.2 Å². The fourth-order valence-electron chi connectivity index (χ4n) is 3.06. The van der Waals surface area contributed by atoms with Gasteiger partial charge in [0.2, 0.25) is 0 Å². The van der Waals surface area contributed by atoms with Gasteiger partial charge in [-0.25, -0.2) is 0 Å². The molecule has 0 aliphatic carbocycles. The number of fused-ring (bicyclic) bond motifs is 1. The Kier molecular flexibility index (Phi) is 4.19. The van der Waals surface area contributed by atoms with Crippen molar-refractivity contribution in [1.82, 2.24) is 0 Å². The van der Waals surface area contributed by atoms with Crippen LogP contribution in [0.25, 0.3) is 0 Å². The van der Waals surface area contributed by atoms with Crippen LogP contribution >= 0.6 is 0 Å². The van der Waals surface area contributed by atoms with Crippen LogP contribution < -0.4 is 0 Å². The zero-order chi connectivity index (χ0) is 14.7. The van der Waals surface area contributed by atoms with Crippen molar-refractivity contribution in [3.8, 4) is 0 Å². The molecule has 0 spiro atoms. The average Bonchev–Trinajstić information content (AvgIpc) is 2.53. The van der Waals surface area contributed by atoms with Crippen molar-refractivity contribution < 1.29 is 0 Å². The van der Waals surface area contributed by atoms with Crippen LogP contribution in [0.15, 0.2) is 47.5 Å². The van der Waals surface area contributed by atoms with E-state index in [0.29, 0.717) is 6.04 Å². The predicted molar refractivity (Wildman–Crippen MR) is 90.4 cm³/mol. The van der Waals surface area contributed by atoms with Crippen molar-refractivity contribution in [2.45, 2.75) is 45.6 Å². The molecule has 2 aromatic rings. The first-order chi connectivity index (χ1) is 10.3. The van der Waals surface area contributed by atoms with E-state index in [1.807, 2.05) is 0 Å². The fraction of sp³-hybridized carbons (Fsp3) is 0.350. The number of benzene rings is 2. The molecule has 0 bridgehead atoms. The third kappa shape index (κ3) is 3.24. The zero-order valence-corrected chi connectivity index (χ0v) is 13.0. The van der Waals surface area contributed by atoms with Gasteiger partial charge in [0.15, 0.2) is 0 Å². The van der Waals surface area contributed by atoms with Crippen molar-refractivity contribution in [3.63, 3.8) is 0 Å². The maximum absolute atomic E-state index is 4.63. The summed E-state index contributed by atoms with van der Waals surface area (Å²) in [5, 5.41) is 0. The van der Waals surface area contributed by atoms with E-state index in [0.717, 1.165) is 25.7 Å². The summed E-state index contributed by atoms with van der Waals surface area (Å²) >= 11 is 0. The summed E-state index contributed by atoms with van der Waals surface area (Å²) in [6.45, 7) is 4.44. The van der Waals surface area contributed by atoms with E-state index < -0.39 is 0 Å². The molecule has 1 aliphatic rings. The molecule has 1 nitrogen and oxygen atoms in total. The fourth-order valence-corrected chi connectivity index (χ4v) is 3.06. The van der Waals surface area contributed by atoms with E-state index in [-0.39, 0.29) is 0 Å². The minimum Gasteiger partial charge on any atom is -0.289 e. The highest BCUT2D eigenvalue weighted by atomic mass is 14.8. The first kappa shape index (κ1) is 14.1. The average molecular weight is 277 g/mol. The van der Waals surface area contributed by atoms with Gasteiger partial charge in [0.05, 0.1) is 6.04 Å². The zero-order valence-electron chi connectivity index (χ0n) is 13.0. The highest BCUT2D eigenvalue weighted by Crippen LogP contribution is 2.23. The lowest BCUT2D eigenvalue weighted by molar-refractivity contribution is 0.643. The predicted octanol–water partition coefficient (Wildman–Crippen LogP) is 4.53. The minimum atomic E-state index is 0.474. The van der Waals surface area contributed by atoms with Crippen molar-refractivity contribution in [1.29, 1.82) is 0 Å².